The zero-order valence-corrected chi connectivity index (χ0v) is 16.5. The third-order valence-electron chi connectivity index (χ3n) is 4.89. The van der Waals surface area contributed by atoms with E-state index in [1.807, 2.05) is 6.07 Å². The third kappa shape index (κ3) is 6.06. The lowest BCUT2D eigenvalue weighted by Crippen LogP contribution is -2.45. The molecule has 2 rings (SSSR count). The van der Waals surface area contributed by atoms with Crippen LogP contribution in [0.2, 0.25) is 0 Å². The second-order valence-electron chi connectivity index (χ2n) is 6.92. The van der Waals surface area contributed by atoms with E-state index in [-0.39, 0.29) is 11.3 Å². The van der Waals surface area contributed by atoms with Crippen LogP contribution in [0.1, 0.15) is 50.3 Å². The molecule has 1 fully saturated rings. The van der Waals surface area contributed by atoms with Crippen LogP contribution in [0.5, 0.6) is 0 Å². The van der Waals surface area contributed by atoms with Crippen molar-refractivity contribution in [2.45, 2.75) is 51.3 Å². The Morgan fingerprint density at radius 1 is 1.28 bits per heavy atom. The van der Waals surface area contributed by atoms with Crippen LogP contribution in [0.25, 0.3) is 0 Å². The normalized spacial score (nSPS) is 18.8. The lowest BCUT2D eigenvalue weighted by molar-refractivity contribution is 0.0172. The number of aryl methyl sites for hydroxylation is 1. The molecule has 5 nitrogen and oxygen atoms in total. The van der Waals surface area contributed by atoms with Crippen molar-refractivity contribution in [3.05, 3.63) is 35.4 Å². The summed E-state index contributed by atoms with van der Waals surface area (Å²) in [5.74, 6) is 0. The van der Waals surface area contributed by atoms with Crippen LogP contribution in [0.4, 0.5) is 0 Å². The number of morpholine rings is 1. The quantitative estimate of drug-likeness (QED) is 0.728. The fourth-order valence-corrected chi connectivity index (χ4v) is 4.36. The van der Waals surface area contributed by atoms with Crippen molar-refractivity contribution in [1.29, 1.82) is 0 Å². The maximum absolute atomic E-state index is 12.6. The number of hydrogen-bond donors (Lipinski definition) is 1. The van der Waals surface area contributed by atoms with Crippen LogP contribution in [-0.2, 0) is 14.8 Å². The van der Waals surface area contributed by atoms with Crippen LogP contribution in [0, 0.1) is 6.92 Å². The summed E-state index contributed by atoms with van der Waals surface area (Å²) in [5, 5.41) is -0.352. The highest BCUT2D eigenvalue weighted by Crippen LogP contribution is 2.23. The summed E-state index contributed by atoms with van der Waals surface area (Å²) in [6.45, 7) is 9.40. The highest BCUT2D eigenvalue weighted by atomic mass is 32.2. The van der Waals surface area contributed by atoms with Gasteiger partial charge in [-0.1, -0.05) is 49.6 Å². The number of hydrogen-bond acceptors (Lipinski definition) is 4. The minimum absolute atomic E-state index is 0.0388. The van der Waals surface area contributed by atoms with Gasteiger partial charge in [-0.15, -0.1) is 0 Å². The molecule has 2 atom stereocenters. The predicted octanol–water partition coefficient (Wildman–Crippen LogP) is 2.87. The Morgan fingerprint density at radius 2 is 2.00 bits per heavy atom. The smallest absolute Gasteiger partial charge is 0.214 e. The van der Waals surface area contributed by atoms with Crippen molar-refractivity contribution in [2.75, 3.05) is 32.8 Å². The molecule has 0 amide bonds. The first-order valence-corrected chi connectivity index (χ1v) is 10.9. The molecule has 0 spiro atoms. The summed E-state index contributed by atoms with van der Waals surface area (Å²) in [6, 6.07) is 8.38. The maximum atomic E-state index is 12.6. The Balaban J connectivity index is 2.10. The molecule has 25 heavy (non-hydrogen) atoms. The Kier molecular flexibility index (Phi) is 7.87. The highest BCUT2D eigenvalue weighted by Gasteiger charge is 2.26. The van der Waals surface area contributed by atoms with Crippen molar-refractivity contribution < 1.29 is 13.2 Å². The summed E-state index contributed by atoms with van der Waals surface area (Å²) in [7, 11) is -3.29. The Bertz CT molecular complexity index is 627. The van der Waals surface area contributed by atoms with Crippen molar-refractivity contribution in [3.8, 4) is 0 Å². The number of nitrogens with zero attached hydrogens (tertiary/aromatic N) is 1. The third-order valence-corrected chi connectivity index (χ3v) is 6.75. The second-order valence-corrected chi connectivity index (χ2v) is 9.11. The van der Waals surface area contributed by atoms with Gasteiger partial charge in [0.1, 0.15) is 0 Å². The fourth-order valence-electron chi connectivity index (χ4n) is 3.21. The van der Waals surface area contributed by atoms with Crippen molar-refractivity contribution in [1.82, 2.24) is 9.62 Å². The lowest BCUT2D eigenvalue weighted by Gasteiger charge is -2.35. The van der Waals surface area contributed by atoms with E-state index in [0.717, 1.165) is 31.5 Å². The molecule has 1 heterocycles. The van der Waals surface area contributed by atoms with E-state index in [0.29, 0.717) is 26.2 Å². The van der Waals surface area contributed by atoms with Crippen LogP contribution in [0.3, 0.4) is 0 Å². The van der Waals surface area contributed by atoms with Gasteiger partial charge in [-0.05, 0) is 25.8 Å². The fraction of sp³-hybridized carbons (Fsp3) is 0.684. The van der Waals surface area contributed by atoms with Gasteiger partial charge in [0.25, 0.3) is 0 Å². The van der Waals surface area contributed by atoms with E-state index in [9.17, 15) is 8.42 Å². The molecule has 0 aliphatic carbocycles. The summed E-state index contributed by atoms with van der Waals surface area (Å²) in [6.07, 6.45) is 2.66. The van der Waals surface area contributed by atoms with E-state index in [2.05, 4.69) is 41.7 Å². The SMILES string of the molecule is CCCC[C@H](C)S(=O)(=O)NC[C@H](c1cccc(C)c1)N1CCOCC1. The van der Waals surface area contributed by atoms with Crippen LogP contribution in [0.15, 0.2) is 24.3 Å². The van der Waals surface area contributed by atoms with Crippen molar-refractivity contribution >= 4 is 10.0 Å². The molecule has 1 aromatic carbocycles. The molecule has 1 aromatic rings. The summed E-state index contributed by atoms with van der Waals surface area (Å²) in [5.41, 5.74) is 2.35. The molecule has 0 aromatic heterocycles. The van der Waals surface area contributed by atoms with Gasteiger partial charge in [-0.3, -0.25) is 4.90 Å². The first kappa shape index (κ1) is 20.4. The highest BCUT2D eigenvalue weighted by molar-refractivity contribution is 7.90. The van der Waals surface area contributed by atoms with Gasteiger partial charge < -0.3 is 4.74 Å². The zero-order chi connectivity index (χ0) is 18.3. The van der Waals surface area contributed by atoms with E-state index in [1.54, 1.807) is 6.92 Å². The summed E-state index contributed by atoms with van der Waals surface area (Å²) >= 11 is 0. The summed E-state index contributed by atoms with van der Waals surface area (Å²) in [4.78, 5) is 2.32. The van der Waals surface area contributed by atoms with E-state index in [1.165, 1.54) is 5.56 Å². The molecule has 1 N–H and O–H groups in total. The second kappa shape index (κ2) is 9.67. The number of nitrogens with one attached hydrogen (secondary N) is 1. The Hall–Kier alpha value is -0.950. The predicted molar refractivity (Wildman–Crippen MR) is 102 cm³/mol. The van der Waals surface area contributed by atoms with Gasteiger partial charge in [0.05, 0.1) is 18.5 Å². The molecule has 6 heteroatoms. The summed E-state index contributed by atoms with van der Waals surface area (Å²) < 4.78 is 33.5. The lowest BCUT2D eigenvalue weighted by atomic mass is 10.0. The van der Waals surface area contributed by atoms with Gasteiger partial charge >= 0.3 is 0 Å². The molecule has 1 saturated heterocycles. The van der Waals surface area contributed by atoms with Crippen molar-refractivity contribution in [3.63, 3.8) is 0 Å². The monoisotopic (exact) mass is 368 g/mol. The molecular formula is C19H32N2O3S. The van der Waals surface area contributed by atoms with Gasteiger partial charge in [-0.2, -0.15) is 0 Å². The first-order valence-electron chi connectivity index (χ1n) is 9.31. The zero-order valence-electron chi connectivity index (χ0n) is 15.7. The first-order chi connectivity index (χ1) is 11.9. The van der Waals surface area contributed by atoms with E-state index in [4.69, 9.17) is 4.74 Å². The van der Waals surface area contributed by atoms with E-state index >= 15 is 0 Å². The molecule has 0 radical (unpaired) electrons. The van der Waals surface area contributed by atoms with Crippen LogP contribution >= 0.6 is 0 Å². The van der Waals surface area contributed by atoms with Gasteiger partial charge in [-0.25, -0.2) is 13.1 Å². The maximum Gasteiger partial charge on any atom is 0.214 e. The van der Waals surface area contributed by atoms with Crippen LogP contribution < -0.4 is 4.72 Å². The van der Waals surface area contributed by atoms with E-state index < -0.39 is 10.0 Å². The standard InChI is InChI=1S/C19H32N2O3S/c1-4-5-8-17(3)25(22,23)20-15-19(21-10-12-24-13-11-21)18-9-6-7-16(2)14-18/h6-7,9,14,17,19-20H,4-5,8,10-13,15H2,1-3H3/t17-,19+/m0/s1. The number of sulfonamides is 1. The molecule has 0 unspecified atom stereocenters. The topological polar surface area (TPSA) is 58.6 Å². The molecule has 142 valence electrons. The average molecular weight is 369 g/mol. The number of ether oxygens (including phenoxy) is 1. The molecular weight excluding hydrogens is 336 g/mol. The van der Waals surface area contributed by atoms with Gasteiger partial charge in [0.2, 0.25) is 10.0 Å². The Morgan fingerprint density at radius 3 is 2.64 bits per heavy atom. The number of unbranched alkanes of at least 4 members (excludes halogenated alkanes) is 1. The van der Waals surface area contributed by atoms with Crippen molar-refractivity contribution in [2.24, 2.45) is 0 Å². The minimum Gasteiger partial charge on any atom is -0.379 e. The molecule has 0 bridgehead atoms. The average Bonchev–Trinajstić information content (AvgIpc) is 2.60. The molecule has 0 saturated carbocycles. The minimum atomic E-state index is -3.29. The number of benzene rings is 1. The van der Waals surface area contributed by atoms with Gasteiger partial charge in [0.15, 0.2) is 0 Å². The Labute approximate surface area is 152 Å². The molecule has 1 aliphatic rings. The number of rotatable bonds is 9. The molecule has 1 aliphatic heterocycles. The van der Waals surface area contributed by atoms with Gasteiger partial charge in [0, 0.05) is 25.7 Å². The van der Waals surface area contributed by atoms with Crippen LogP contribution in [-0.4, -0.2) is 51.4 Å². The largest absolute Gasteiger partial charge is 0.379 e.